The zero-order valence-electron chi connectivity index (χ0n) is 18.9. The number of aryl methyl sites for hydroxylation is 1. The summed E-state index contributed by atoms with van der Waals surface area (Å²) in [5.74, 6) is 0.628. The molecule has 3 aromatic rings. The van der Waals surface area contributed by atoms with Crippen LogP contribution in [0.25, 0.3) is 11.1 Å². The zero-order valence-corrected chi connectivity index (χ0v) is 18.9. The Bertz CT molecular complexity index is 1200. The van der Waals surface area contributed by atoms with Crippen molar-refractivity contribution in [3.05, 3.63) is 77.2 Å². The van der Waals surface area contributed by atoms with Crippen molar-refractivity contribution in [1.82, 2.24) is 4.98 Å². The first-order chi connectivity index (χ1) is 15.9. The Morgan fingerprint density at radius 1 is 1.15 bits per heavy atom. The number of carbonyl (C=O) groups is 2. The molecule has 1 saturated carbocycles. The molecule has 1 aliphatic carbocycles. The Morgan fingerprint density at radius 2 is 1.94 bits per heavy atom. The highest BCUT2D eigenvalue weighted by molar-refractivity contribution is 5.93. The first kappa shape index (κ1) is 22.6. The van der Waals surface area contributed by atoms with E-state index in [4.69, 9.17) is 9.47 Å². The van der Waals surface area contributed by atoms with Crippen LogP contribution in [0.3, 0.4) is 0 Å². The van der Waals surface area contributed by atoms with E-state index in [1.165, 1.54) is 13.2 Å². The van der Waals surface area contributed by atoms with Gasteiger partial charge in [0.15, 0.2) is 0 Å². The van der Waals surface area contributed by atoms with Crippen LogP contribution in [0.2, 0.25) is 0 Å². The molecule has 0 spiro atoms. The van der Waals surface area contributed by atoms with Gasteiger partial charge in [-0.3, -0.25) is 0 Å². The summed E-state index contributed by atoms with van der Waals surface area (Å²) < 4.78 is 25.0. The van der Waals surface area contributed by atoms with E-state index in [9.17, 15) is 14.0 Å². The predicted molar refractivity (Wildman–Crippen MR) is 123 cm³/mol. The lowest BCUT2D eigenvalue weighted by Gasteiger charge is -2.16. The minimum atomic E-state index is -0.487. The van der Waals surface area contributed by atoms with Crippen molar-refractivity contribution in [3.63, 3.8) is 0 Å². The highest BCUT2D eigenvalue weighted by Gasteiger charge is 2.33. The minimum Gasteiger partial charge on any atom is -0.481 e. The summed E-state index contributed by atoms with van der Waals surface area (Å²) in [4.78, 5) is 28.4. The molecule has 33 heavy (non-hydrogen) atoms. The SMILES string of the molecule is COc1cc(-c2ccc(C(=O)Oc3cccc([C@@H](CC(C)=O)C4CC4)c3)c(C)c2)c(F)cn1. The van der Waals surface area contributed by atoms with Crippen LogP contribution in [0.1, 0.15) is 53.6 Å². The van der Waals surface area contributed by atoms with Gasteiger partial charge < -0.3 is 14.3 Å². The van der Waals surface area contributed by atoms with Crippen LogP contribution in [0.5, 0.6) is 11.6 Å². The summed E-state index contributed by atoms with van der Waals surface area (Å²) in [6.07, 6.45) is 3.85. The predicted octanol–water partition coefficient (Wildman–Crippen LogP) is 5.90. The van der Waals surface area contributed by atoms with Gasteiger partial charge in [0.1, 0.15) is 17.3 Å². The number of esters is 1. The van der Waals surface area contributed by atoms with E-state index in [0.717, 1.165) is 24.6 Å². The van der Waals surface area contributed by atoms with Crippen molar-refractivity contribution in [3.8, 4) is 22.8 Å². The number of halogens is 1. The summed E-state index contributed by atoms with van der Waals surface area (Å²) in [7, 11) is 1.47. The van der Waals surface area contributed by atoms with Crippen molar-refractivity contribution < 1.29 is 23.5 Å². The fraction of sp³-hybridized carbons (Fsp3) is 0.296. The van der Waals surface area contributed by atoms with Gasteiger partial charge in [0, 0.05) is 18.1 Å². The van der Waals surface area contributed by atoms with E-state index in [-0.39, 0.29) is 11.7 Å². The number of benzene rings is 2. The van der Waals surface area contributed by atoms with Crippen LogP contribution in [-0.4, -0.2) is 23.8 Å². The van der Waals surface area contributed by atoms with Crippen molar-refractivity contribution in [2.45, 2.75) is 39.0 Å². The number of methoxy groups -OCH3 is 1. The van der Waals surface area contributed by atoms with Gasteiger partial charge in [-0.1, -0.05) is 24.3 Å². The smallest absolute Gasteiger partial charge is 0.343 e. The van der Waals surface area contributed by atoms with Gasteiger partial charge in [0.2, 0.25) is 5.88 Å². The molecule has 0 saturated heterocycles. The Hall–Kier alpha value is -3.54. The average Bonchev–Trinajstić information content (AvgIpc) is 3.63. The van der Waals surface area contributed by atoms with Crippen LogP contribution in [0.4, 0.5) is 4.39 Å². The number of nitrogens with zero attached hydrogens (tertiary/aromatic N) is 1. The molecule has 1 aromatic heterocycles. The first-order valence-corrected chi connectivity index (χ1v) is 11.0. The summed E-state index contributed by atoms with van der Waals surface area (Å²) in [5, 5.41) is 0. The molecule has 2 aromatic carbocycles. The van der Waals surface area contributed by atoms with Crippen LogP contribution in [-0.2, 0) is 4.79 Å². The van der Waals surface area contributed by atoms with E-state index in [1.54, 1.807) is 38.1 Å². The lowest BCUT2D eigenvalue weighted by Crippen LogP contribution is -2.11. The second kappa shape index (κ2) is 9.53. The standard InChI is InChI=1S/C27H26FNO4/c1-16-11-20(24-14-26(32-3)29-15-25(24)28)9-10-22(16)27(31)33-21-6-4-5-19(13-21)23(12-17(2)30)18-7-8-18/h4-6,9-11,13-15,18,23H,7-8,12H2,1-3H3/t23-/m0/s1. The van der Waals surface area contributed by atoms with Gasteiger partial charge >= 0.3 is 5.97 Å². The van der Waals surface area contributed by atoms with Crippen LogP contribution in [0, 0.1) is 18.7 Å². The monoisotopic (exact) mass is 447 g/mol. The molecule has 0 amide bonds. The Kier molecular flexibility index (Phi) is 6.54. The fourth-order valence-electron chi connectivity index (χ4n) is 4.15. The molecule has 4 rings (SSSR count). The molecule has 0 radical (unpaired) electrons. The number of ether oxygens (including phenoxy) is 2. The molecule has 0 bridgehead atoms. The number of hydrogen-bond donors (Lipinski definition) is 0. The van der Waals surface area contributed by atoms with Crippen LogP contribution in [0.15, 0.2) is 54.7 Å². The molecule has 1 heterocycles. The Balaban J connectivity index is 1.54. The molecular formula is C27H26FNO4. The number of carbonyl (C=O) groups excluding carboxylic acids is 2. The highest BCUT2D eigenvalue weighted by Crippen LogP contribution is 2.45. The van der Waals surface area contributed by atoms with Gasteiger partial charge in [-0.15, -0.1) is 0 Å². The minimum absolute atomic E-state index is 0.160. The second-order valence-electron chi connectivity index (χ2n) is 8.55. The lowest BCUT2D eigenvalue weighted by atomic mass is 9.89. The van der Waals surface area contributed by atoms with E-state index in [2.05, 4.69) is 4.98 Å². The van der Waals surface area contributed by atoms with Crippen molar-refractivity contribution in [2.75, 3.05) is 7.11 Å². The molecule has 0 aliphatic heterocycles. The largest absolute Gasteiger partial charge is 0.481 e. The lowest BCUT2D eigenvalue weighted by molar-refractivity contribution is -0.117. The topological polar surface area (TPSA) is 65.5 Å². The summed E-state index contributed by atoms with van der Waals surface area (Å²) in [6.45, 7) is 3.39. The maximum absolute atomic E-state index is 14.3. The number of ketones is 1. The summed E-state index contributed by atoms with van der Waals surface area (Å²) in [5.41, 5.74) is 3.03. The van der Waals surface area contributed by atoms with Gasteiger partial charge in [-0.2, -0.15) is 0 Å². The maximum atomic E-state index is 14.3. The maximum Gasteiger partial charge on any atom is 0.343 e. The summed E-state index contributed by atoms with van der Waals surface area (Å²) >= 11 is 0. The number of rotatable bonds is 8. The van der Waals surface area contributed by atoms with Crippen molar-refractivity contribution in [1.29, 1.82) is 0 Å². The van der Waals surface area contributed by atoms with E-state index in [1.807, 2.05) is 18.2 Å². The van der Waals surface area contributed by atoms with Crippen molar-refractivity contribution >= 4 is 11.8 Å². The quantitative estimate of drug-likeness (QED) is 0.318. The van der Waals surface area contributed by atoms with Crippen molar-refractivity contribution in [2.24, 2.45) is 5.92 Å². The fourth-order valence-corrected chi connectivity index (χ4v) is 4.15. The van der Waals surface area contributed by atoms with Crippen LogP contribution >= 0.6 is 0 Å². The van der Waals surface area contributed by atoms with Gasteiger partial charge in [0.05, 0.1) is 18.9 Å². The Morgan fingerprint density at radius 3 is 2.61 bits per heavy atom. The molecule has 1 atom stereocenters. The molecule has 5 nitrogen and oxygen atoms in total. The molecular weight excluding hydrogens is 421 g/mol. The average molecular weight is 448 g/mol. The van der Waals surface area contributed by atoms with Gasteiger partial charge in [0.25, 0.3) is 0 Å². The normalized spacial score (nSPS) is 13.9. The van der Waals surface area contributed by atoms with E-state index >= 15 is 0 Å². The number of hydrogen-bond acceptors (Lipinski definition) is 5. The van der Waals surface area contributed by atoms with E-state index in [0.29, 0.717) is 46.2 Å². The number of aromatic nitrogens is 1. The third-order valence-electron chi connectivity index (χ3n) is 5.99. The third kappa shape index (κ3) is 5.28. The molecule has 0 N–H and O–H groups in total. The van der Waals surface area contributed by atoms with Gasteiger partial charge in [-0.05, 0) is 73.4 Å². The van der Waals surface area contributed by atoms with Crippen LogP contribution < -0.4 is 9.47 Å². The molecule has 1 aliphatic rings. The van der Waals surface area contributed by atoms with E-state index < -0.39 is 11.8 Å². The highest BCUT2D eigenvalue weighted by atomic mass is 19.1. The molecule has 1 fully saturated rings. The Labute approximate surface area is 192 Å². The molecule has 6 heteroatoms. The summed E-state index contributed by atoms with van der Waals surface area (Å²) in [6, 6.07) is 14.0. The third-order valence-corrected chi connectivity index (χ3v) is 5.99. The number of pyridine rings is 1. The second-order valence-corrected chi connectivity index (χ2v) is 8.55. The first-order valence-electron chi connectivity index (χ1n) is 11.0. The number of Topliss-reactive ketones (excluding diaryl/α,β-unsaturated/α-hetero) is 1. The molecule has 170 valence electrons. The zero-order chi connectivity index (χ0) is 23.5. The molecule has 0 unspecified atom stereocenters. The van der Waals surface area contributed by atoms with Gasteiger partial charge in [-0.25, -0.2) is 14.2 Å².